The van der Waals surface area contributed by atoms with E-state index in [1.54, 1.807) is 0 Å². The number of hydrogen-bond donors (Lipinski definition) is 1. The number of carbonyl (C=O) groups is 1. The highest BCUT2D eigenvalue weighted by molar-refractivity contribution is 8.20. The number of hydrogen-bond acceptors (Lipinski definition) is 4. The molecule has 0 bridgehead atoms. The highest BCUT2D eigenvalue weighted by Crippen LogP contribution is 2.03. The standard InChI is InChI=1S/C5H9BO3S/c1-4(8)9-3-5(2-7)10-6/h5,7H,2-3H2,1H3. The number of carbonyl (C=O) groups excluding carboxylic acids is 1. The summed E-state index contributed by atoms with van der Waals surface area (Å²) in [5.74, 6) is -0.354. The van der Waals surface area contributed by atoms with E-state index in [1.165, 1.54) is 6.92 Å². The van der Waals surface area contributed by atoms with Crippen LogP contribution in [0.2, 0.25) is 0 Å². The average Bonchev–Trinajstić information content (AvgIpc) is 1.90. The van der Waals surface area contributed by atoms with E-state index in [2.05, 4.69) is 4.74 Å². The number of rotatable bonds is 4. The molecule has 1 unspecified atom stereocenters. The molecule has 0 aliphatic rings. The summed E-state index contributed by atoms with van der Waals surface area (Å²) in [4.78, 5) is 10.2. The van der Waals surface area contributed by atoms with Gasteiger partial charge < -0.3 is 9.84 Å². The Bertz CT molecular complexity index is 105. The summed E-state index contributed by atoms with van der Waals surface area (Å²) in [6.07, 6.45) is 0. The first kappa shape index (κ1) is 9.84. The van der Waals surface area contributed by atoms with Crippen molar-refractivity contribution in [1.29, 1.82) is 0 Å². The summed E-state index contributed by atoms with van der Waals surface area (Å²) >= 11 is 0.985. The van der Waals surface area contributed by atoms with Crippen molar-refractivity contribution in [3.8, 4) is 0 Å². The van der Waals surface area contributed by atoms with Gasteiger partial charge in [-0.1, -0.05) is 0 Å². The smallest absolute Gasteiger partial charge is 0.302 e. The van der Waals surface area contributed by atoms with Crippen LogP contribution in [-0.2, 0) is 9.53 Å². The van der Waals surface area contributed by atoms with E-state index >= 15 is 0 Å². The number of ether oxygens (including phenoxy) is 1. The number of aliphatic hydroxyl groups is 1. The monoisotopic (exact) mass is 160 g/mol. The molecule has 10 heavy (non-hydrogen) atoms. The van der Waals surface area contributed by atoms with E-state index in [1.807, 2.05) is 0 Å². The summed E-state index contributed by atoms with van der Waals surface area (Å²) in [6, 6.07) is 0. The first-order valence-corrected chi connectivity index (χ1v) is 3.74. The fraction of sp³-hybridized carbons (Fsp3) is 0.800. The molecule has 56 valence electrons. The Morgan fingerprint density at radius 2 is 2.50 bits per heavy atom. The van der Waals surface area contributed by atoms with Gasteiger partial charge in [-0.2, -0.15) is 0 Å². The maximum atomic E-state index is 10.2. The first-order chi connectivity index (χ1) is 4.70. The Morgan fingerprint density at radius 3 is 2.80 bits per heavy atom. The molecule has 0 saturated carbocycles. The van der Waals surface area contributed by atoms with Crippen LogP contribution in [0.1, 0.15) is 6.92 Å². The molecule has 1 atom stereocenters. The zero-order chi connectivity index (χ0) is 7.98. The van der Waals surface area contributed by atoms with Crippen molar-refractivity contribution >= 4 is 24.7 Å². The Kier molecular flexibility index (Phi) is 5.53. The molecule has 3 nitrogen and oxygen atoms in total. The zero-order valence-corrected chi connectivity index (χ0v) is 6.56. The van der Waals surface area contributed by atoms with Gasteiger partial charge in [0, 0.05) is 6.92 Å². The molecular formula is C5H9BO3S. The van der Waals surface area contributed by atoms with Gasteiger partial charge in [-0.3, -0.25) is 4.79 Å². The Morgan fingerprint density at radius 1 is 1.90 bits per heavy atom. The van der Waals surface area contributed by atoms with E-state index in [9.17, 15) is 4.79 Å². The molecule has 5 heteroatoms. The maximum Gasteiger partial charge on any atom is 0.302 e. The van der Waals surface area contributed by atoms with Crippen LogP contribution in [0.5, 0.6) is 0 Å². The molecule has 0 fully saturated rings. The van der Waals surface area contributed by atoms with E-state index < -0.39 is 0 Å². The van der Waals surface area contributed by atoms with E-state index in [-0.39, 0.29) is 24.4 Å². The van der Waals surface area contributed by atoms with Crippen molar-refractivity contribution in [2.24, 2.45) is 0 Å². The van der Waals surface area contributed by atoms with Gasteiger partial charge in [-0.05, 0) is 0 Å². The van der Waals surface area contributed by atoms with E-state index in [4.69, 9.17) is 12.2 Å². The topological polar surface area (TPSA) is 46.5 Å². The molecule has 1 N–H and O–H groups in total. The molecule has 2 radical (unpaired) electrons. The van der Waals surface area contributed by atoms with Gasteiger partial charge in [-0.25, -0.2) is 11.6 Å². The van der Waals surface area contributed by atoms with Gasteiger partial charge in [0.2, 0.25) is 0 Å². The molecule has 0 aliphatic heterocycles. The molecule has 0 aliphatic carbocycles. The minimum Gasteiger partial charge on any atom is -0.465 e. The predicted molar refractivity (Wildman–Crippen MR) is 40.9 cm³/mol. The normalized spacial score (nSPS) is 12.6. The summed E-state index contributed by atoms with van der Waals surface area (Å²) in [7, 11) is 5.13. The molecule has 0 aromatic rings. The minimum absolute atomic E-state index is 0.0750. The molecule has 0 spiro atoms. The summed E-state index contributed by atoms with van der Waals surface area (Å²) in [5.41, 5.74) is 0. The lowest BCUT2D eigenvalue weighted by Gasteiger charge is -2.10. The first-order valence-electron chi connectivity index (χ1n) is 2.80. The van der Waals surface area contributed by atoms with Gasteiger partial charge in [0.05, 0.1) is 11.9 Å². The van der Waals surface area contributed by atoms with Crippen LogP contribution in [0.4, 0.5) is 0 Å². The third kappa shape index (κ3) is 4.70. The van der Waals surface area contributed by atoms with Gasteiger partial charge in [0.25, 0.3) is 0 Å². The third-order valence-corrected chi connectivity index (χ3v) is 1.54. The average molecular weight is 160 g/mol. The van der Waals surface area contributed by atoms with Gasteiger partial charge in [-0.15, -0.1) is 0 Å². The quantitative estimate of drug-likeness (QED) is 0.454. The third-order valence-electron chi connectivity index (χ3n) is 0.869. The number of esters is 1. The summed E-state index contributed by atoms with van der Waals surface area (Å²) in [6.45, 7) is 1.41. The second-order valence-electron chi connectivity index (χ2n) is 1.74. The Hall–Kier alpha value is -0.155. The predicted octanol–water partition coefficient (Wildman–Crippen LogP) is -0.273. The molecule has 0 aromatic carbocycles. The molecule has 0 aromatic heterocycles. The van der Waals surface area contributed by atoms with E-state index in [0.29, 0.717) is 0 Å². The van der Waals surface area contributed by atoms with Gasteiger partial charge in [0.1, 0.15) is 6.61 Å². The Labute approximate surface area is 65.4 Å². The van der Waals surface area contributed by atoms with Crippen LogP contribution in [0.25, 0.3) is 0 Å². The fourth-order valence-corrected chi connectivity index (χ4v) is 0.578. The molecule has 0 amide bonds. The van der Waals surface area contributed by atoms with Crippen molar-refractivity contribution in [2.75, 3.05) is 13.2 Å². The van der Waals surface area contributed by atoms with Crippen molar-refractivity contribution in [2.45, 2.75) is 12.2 Å². The lowest BCUT2D eigenvalue weighted by molar-refractivity contribution is -0.141. The lowest BCUT2D eigenvalue weighted by Crippen LogP contribution is -2.17. The highest BCUT2D eigenvalue weighted by Gasteiger charge is 2.05. The molecule has 0 saturated heterocycles. The zero-order valence-electron chi connectivity index (χ0n) is 5.74. The molecule has 0 heterocycles. The SMILES string of the molecule is [B]SC(CO)COC(C)=O. The van der Waals surface area contributed by atoms with Crippen LogP contribution in [0, 0.1) is 0 Å². The van der Waals surface area contributed by atoms with E-state index in [0.717, 1.165) is 11.6 Å². The number of aliphatic hydroxyl groups excluding tert-OH is 1. The van der Waals surface area contributed by atoms with Crippen LogP contribution < -0.4 is 0 Å². The van der Waals surface area contributed by atoms with Crippen molar-refractivity contribution in [3.05, 3.63) is 0 Å². The second kappa shape index (κ2) is 5.62. The minimum atomic E-state index is -0.354. The van der Waals surface area contributed by atoms with Gasteiger partial charge >= 0.3 is 5.97 Å². The van der Waals surface area contributed by atoms with Crippen molar-refractivity contribution in [1.82, 2.24) is 0 Å². The fourth-order valence-electron chi connectivity index (χ4n) is 0.345. The summed E-state index contributed by atoms with van der Waals surface area (Å²) in [5, 5.41) is 8.34. The van der Waals surface area contributed by atoms with Crippen LogP contribution in [0.3, 0.4) is 0 Å². The Balaban J connectivity index is 3.34. The molecular weight excluding hydrogens is 151 g/mol. The lowest BCUT2D eigenvalue weighted by atomic mass is 10.5. The van der Waals surface area contributed by atoms with Crippen molar-refractivity contribution in [3.63, 3.8) is 0 Å². The maximum absolute atomic E-state index is 10.2. The van der Waals surface area contributed by atoms with Crippen LogP contribution >= 0.6 is 11.6 Å². The molecule has 0 rings (SSSR count). The van der Waals surface area contributed by atoms with Crippen LogP contribution in [-0.4, -0.2) is 36.7 Å². The highest BCUT2D eigenvalue weighted by atomic mass is 32.2. The van der Waals surface area contributed by atoms with Gasteiger partial charge in [0.15, 0.2) is 7.12 Å². The largest absolute Gasteiger partial charge is 0.465 e. The summed E-state index contributed by atoms with van der Waals surface area (Å²) < 4.78 is 4.59. The van der Waals surface area contributed by atoms with Crippen LogP contribution in [0.15, 0.2) is 0 Å². The second-order valence-corrected chi connectivity index (χ2v) is 2.68. The van der Waals surface area contributed by atoms with Crippen molar-refractivity contribution < 1.29 is 14.6 Å².